The van der Waals surface area contributed by atoms with E-state index in [9.17, 15) is 29.3 Å². The standard InChI is InChI=1S/C29H32FN3O5S/c1-28-11-10-23(36)29(2,15-34)22(28)14-21-25(20(28)13-24(37)31-18-4-3-5-19(35)12-18)32-27(39-21)33-26(38)16-6-8-17(30)9-7-16/h3-9,12,20,22-23,34-36H,10-11,13-15H2,1-2H3,(H,31,37)(H,32,33,38). The number of aromatic nitrogens is 1. The third-order valence-electron chi connectivity index (χ3n) is 8.74. The summed E-state index contributed by atoms with van der Waals surface area (Å²) in [5, 5.41) is 37.2. The van der Waals surface area contributed by atoms with E-state index in [1.807, 2.05) is 6.92 Å². The Labute approximate surface area is 229 Å². The van der Waals surface area contributed by atoms with E-state index in [1.165, 1.54) is 47.7 Å². The first kappa shape index (κ1) is 27.2. The van der Waals surface area contributed by atoms with E-state index in [-0.39, 0.29) is 36.5 Å². The third-order valence-corrected chi connectivity index (χ3v) is 9.75. The number of carbonyl (C=O) groups excluding carboxylic acids is 2. The summed E-state index contributed by atoms with van der Waals surface area (Å²) in [5.41, 5.74) is 0.278. The monoisotopic (exact) mass is 553 g/mol. The number of fused-ring (bicyclic) bond motifs is 2. The maximum atomic E-state index is 13.3. The number of benzene rings is 2. The number of rotatable bonds is 6. The molecule has 0 spiro atoms. The van der Waals surface area contributed by atoms with Crippen LogP contribution in [0.3, 0.4) is 0 Å². The van der Waals surface area contributed by atoms with E-state index in [1.54, 1.807) is 12.1 Å². The van der Waals surface area contributed by atoms with Crippen LogP contribution in [0.1, 0.15) is 60.0 Å². The number of amides is 2. The van der Waals surface area contributed by atoms with E-state index in [0.29, 0.717) is 35.6 Å². The number of nitrogens with one attached hydrogen (secondary N) is 2. The summed E-state index contributed by atoms with van der Waals surface area (Å²) in [5.74, 6) is -1.53. The van der Waals surface area contributed by atoms with Crippen LogP contribution in [0.4, 0.5) is 15.2 Å². The van der Waals surface area contributed by atoms with Gasteiger partial charge in [0.25, 0.3) is 5.91 Å². The molecule has 0 bridgehead atoms. The van der Waals surface area contributed by atoms with Gasteiger partial charge in [-0.15, -0.1) is 11.3 Å². The Balaban J connectivity index is 1.48. The van der Waals surface area contributed by atoms with Gasteiger partial charge in [-0.05, 0) is 67.0 Å². The second-order valence-electron chi connectivity index (χ2n) is 11.1. The molecule has 5 unspecified atom stereocenters. The van der Waals surface area contributed by atoms with Crippen LogP contribution in [0.2, 0.25) is 0 Å². The smallest absolute Gasteiger partial charge is 0.257 e. The molecule has 5 rings (SSSR count). The number of aromatic hydroxyl groups is 1. The topological polar surface area (TPSA) is 132 Å². The lowest BCUT2D eigenvalue weighted by Crippen LogP contribution is -2.57. The number of aliphatic hydroxyl groups is 2. The lowest BCUT2D eigenvalue weighted by molar-refractivity contribution is -0.143. The maximum absolute atomic E-state index is 13.3. The predicted molar refractivity (Wildman–Crippen MR) is 146 cm³/mol. The molecule has 3 aromatic rings. The average Bonchev–Trinajstić information content (AvgIpc) is 3.30. The predicted octanol–water partition coefficient (Wildman–Crippen LogP) is 4.68. The zero-order valence-electron chi connectivity index (χ0n) is 21.8. The van der Waals surface area contributed by atoms with Crippen molar-refractivity contribution in [2.75, 3.05) is 17.2 Å². The van der Waals surface area contributed by atoms with Crippen LogP contribution in [-0.4, -0.2) is 44.8 Å². The summed E-state index contributed by atoms with van der Waals surface area (Å²) in [6.07, 6.45) is 1.10. The summed E-state index contributed by atoms with van der Waals surface area (Å²) < 4.78 is 13.3. The van der Waals surface area contributed by atoms with E-state index in [2.05, 4.69) is 17.6 Å². The van der Waals surface area contributed by atoms with Gasteiger partial charge < -0.3 is 20.6 Å². The highest BCUT2D eigenvalue weighted by atomic mass is 32.1. The first-order chi connectivity index (χ1) is 18.5. The van der Waals surface area contributed by atoms with Crippen molar-refractivity contribution in [2.45, 2.75) is 51.6 Å². The SMILES string of the molecule is CC1(CO)C(O)CCC2(C)C(CC(=O)Nc3cccc(O)c3)c3nc(NC(=O)c4ccc(F)cc4)sc3CC12. The van der Waals surface area contributed by atoms with Crippen molar-refractivity contribution in [3.05, 3.63) is 70.5 Å². The number of aliphatic hydroxyl groups excluding tert-OH is 2. The second kappa shape index (κ2) is 10.3. The number of hydrogen-bond donors (Lipinski definition) is 5. The molecule has 39 heavy (non-hydrogen) atoms. The Bertz CT molecular complexity index is 1400. The van der Waals surface area contributed by atoms with Crippen molar-refractivity contribution in [3.8, 4) is 5.75 Å². The number of phenols is 1. The first-order valence-corrected chi connectivity index (χ1v) is 13.8. The quantitative estimate of drug-likeness (QED) is 0.301. The minimum atomic E-state index is -0.772. The number of nitrogens with zero attached hydrogens (tertiary/aromatic N) is 1. The fourth-order valence-corrected chi connectivity index (χ4v) is 7.51. The molecule has 2 aliphatic carbocycles. The number of carbonyl (C=O) groups is 2. The van der Waals surface area contributed by atoms with Crippen LogP contribution in [0.25, 0.3) is 0 Å². The minimum Gasteiger partial charge on any atom is -0.508 e. The summed E-state index contributed by atoms with van der Waals surface area (Å²) >= 11 is 1.32. The molecule has 5 atom stereocenters. The number of phenolic OH excluding ortho intramolecular Hbond substituents is 1. The van der Waals surface area contributed by atoms with Gasteiger partial charge in [0.05, 0.1) is 18.4 Å². The van der Waals surface area contributed by atoms with Crippen molar-refractivity contribution in [3.63, 3.8) is 0 Å². The zero-order valence-corrected chi connectivity index (χ0v) is 22.6. The molecule has 1 saturated carbocycles. The largest absolute Gasteiger partial charge is 0.508 e. The van der Waals surface area contributed by atoms with Gasteiger partial charge in [-0.25, -0.2) is 9.37 Å². The van der Waals surface area contributed by atoms with Crippen LogP contribution in [-0.2, 0) is 11.2 Å². The van der Waals surface area contributed by atoms with E-state index < -0.39 is 28.7 Å². The van der Waals surface area contributed by atoms with Crippen LogP contribution in [0.5, 0.6) is 5.75 Å². The van der Waals surface area contributed by atoms with Gasteiger partial charge in [-0.1, -0.05) is 19.9 Å². The van der Waals surface area contributed by atoms with Crippen molar-refractivity contribution >= 4 is 34.0 Å². The van der Waals surface area contributed by atoms with Gasteiger partial charge in [0.2, 0.25) is 5.91 Å². The van der Waals surface area contributed by atoms with Crippen LogP contribution in [0.15, 0.2) is 48.5 Å². The van der Waals surface area contributed by atoms with Crippen molar-refractivity contribution in [1.29, 1.82) is 0 Å². The van der Waals surface area contributed by atoms with Gasteiger partial charge in [-0.3, -0.25) is 14.9 Å². The zero-order chi connectivity index (χ0) is 27.9. The summed E-state index contributed by atoms with van der Waals surface area (Å²) in [7, 11) is 0. The van der Waals surface area contributed by atoms with E-state index >= 15 is 0 Å². The Kier molecular flexibility index (Phi) is 7.21. The Morgan fingerprint density at radius 1 is 1.15 bits per heavy atom. The number of hydrogen-bond acceptors (Lipinski definition) is 7. The molecule has 0 aliphatic heterocycles. The number of halogens is 1. The third kappa shape index (κ3) is 5.04. The number of anilines is 2. The van der Waals surface area contributed by atoms with E-state index in [4.69, 9.17) is 4.98 Å². The summed E-state index contributed by atoms with van der Waals surface area (Å²) in [6.45, 7) is 3.80. The molecule has 8 nitrogen and oxygen atoms in total. The van der Waals surface area contributed by atoms with Gasteiger partial charge in [0.1, 0.15) is 11.6 Å². The fraction of sp³-hybridized carbons (Fsp3) is 0.414. The highest BCUT2D eigenvalue weighted by Crippen LogP contribution is 2.62. The molecule has 1 aromatic heterocycles. The maximum Gasteiger partial charge on any atom is 0.257 e. The molecule has 2 aromatic carbocycles. The molecule has 1 heterocycles. The molecule has 5 N–H and O–H groups in total. The molecule has 2 aliphatic rings. The van der Waals surface area contributed by atoms with Crippen LogP contribution >= 0.6 is 11.3 Å². The molecule has 2 amide bonds. The minimum absolute atomic E-state index is 0.0424. The molecule has 1 fully saturated rings. The van der Waals surface area contributed by atoms with Gasteiger partial charge in [0, 0.05) is 39.9 Å². The Morgan fingerprint density at radius 2 is 1.90 bits per heavy atom. The lowest BCUT2D eigenvalue weighted by Gasteiger charge is -2.58. The molecule has 206 valence electrons. The molecule has 10 heteroatoms. The van der Waals surface area contributed by atoms with Crippen molar-refractivity contribution < 1.29 is 29.3 Å². The Hall–Kier alpha value is -3.34. The average molecular weight is 554 g/mol. The second-order valence-corrected chi connectivity index (χ2v) is 12.2. The van der Waals surface area contributed by atoms with Gasteiger partial charge in [-0.2, -0.15) is 0 Å². The number of thiazole rings is 1. The van der Waals surface area contributed by atoms with Gasteiger partial charge >= 0.3 is 0 Å². The Morgan fingerprint density at radius 3 is 2.59 bits per heavy atom. The molecule has 0 saturated heterocycles. The lowest BCUT2D eigenvalue weighted by atomic mass is 9.47. The van der Waals surface area contributed by atoms with E-state index in [0.717, 1.165) is 10.6 Å². The fourth-order valence-electron chi connectivity index (χ4n) is 6.45. The highest BCUT2D eigenvalue weighted by molar-refractivity contribution is 7.15. The van der Waals surface area contributed by atoms with Crippen molar-refractivity contribution in [2.24, 2.45) is 16.7 Å². The summed E-state index contributed by atoms with van der Waals surface area (Å²) in [4.78, 5) is 31.8. The molecular weight excluding hydrogens is 521 g/mol. The van der Waals surface area contributed by atoms with Crippen LogP contribution < -0.4 is 10.6 Å². The first-order valence-electron chi connectivity index (χ1n) is 13.0. The normalized spacial score (nSPS) is 27.8. The highest BCUT2D eigenvalue weighted by Gasteiger charge is 2.59. The molecular formula is C29H32FN3O5S. The van der Waals surface area contributed by atoms with Crippen LogP contribution in [0, 0.1) is 22.6 Å². The van der Waals surface area contributed by atoms with Gasteiger partial charge in [0.15, 0.2) is 5.13 Å². The summed E-state index contributed by atoms with van der Waals surface area (Å²) in [6, 6.07) is 11.6. The molecule has 0 radical (unpaired) electrons. The van der Waals surface area contributed by atoms with Crippen molar-refractivity contribution in [1.82, 2.24) is 4.98 Å².